The number of rotatable bonds is 4. The summed E-state index contributed by atoms with van der Waals surface area (Å²) in [7, 11) is 0. The van der Waals surface area contributed by atoms with Crippen LogP contribution < -0.4 is 4.74 Å². The molecule has 110 valence electrons. The second kappa shape index (κ2) is 6.24. The van der Waals surface area contributed by atoms with Gasteiger partial charge >= 0.3 is 5.69 Å². The van der Waals surface area contributed by atoms with Gasteiger partial charge in [-0.2, -0.15) is 0 Å². The monoisotopic (exact) mass is 351 g/mol. The van der Waals surface area contributed by atoms with Crippen LogP contribution in [0.25, 0.3) is 0 Å². The van der Waals surface area contributed by atoms with Crippen LogP contribution in [0, 0.1) is 17.0 Å². The minimum absolute atomic E-state index is 0.0518. The van der Waals surface area contributed by atoms with Crippen LogP contribution >= 0.6 is 15.9 Å². The van der Waals surface area contributed by atoms with Crippen molar-refractivity contribution in [2.75, 3.05) is 0 Å². The molecule has 1 atom stereocenters. The summed E-state index contributed by atoms with van der Waals surface area (Å²) >= 11 is 3.35. The number of para-hydroxylation sites is 1. The zero-order chi connectivity index (χ0) is 15.6. The second-order valence-electron chi connectivity index (χ2n) is 4.65. The number of hydrogen-bond acceptors (Lipinski definition) is 4. The van der Waals surface area contributed by atoms with E-state index in [1.807, 2.05) is 0 Å². The number of ether oxygens (including phenoxy) is 1. The molecule has 0 aliphatic heterocycles. The zero-order valence-electron chi connectivity index (χ0n) is 11.5. The van der Waals surface area contributed by atoms with Crippen molar-refractivity contribution in [3.63, 3.8) is 0 Å². The third kappa shape index (κ3) is 3.40. The van der Waals surface area contributed by atoms with Crippen molar-refractivity contribution in [2.24, 2.45) is 0 Å². The number of halogens is 1. The standard InChI is InChI=1S/C15H14BrNO4/c1-9-4-3-5-14(15(9)17(19)20)21-13-7-6-11(10(2)18)8-12(13)16/h3-8,10,18H,1-2H3/t10-/m1/s1. The summed E-state index contributed by atoms with van der Waals surface area (Å²) in [4.78, 5) is 10.7. The molecule has 6 heteroatoms. The largest absolute Gasteiger partial charge is 0.449 e. The van der Waals surface area contributed by atoms with Gasteiger partial charge in [-0.1, -0.05) is 18.2 Å². The van der Waals surface area contributed by atoms with Gasteiger partial charge in [-0.15, -0.1) is 0 Å². The van der Waals surface area contributed by atoms with Gasteiger partial charge in [0.05, 0.1) is 15.5 Å². The molecule has 2 aromatic rings. The fourth-order valence-electron chi connectivity index (χ4n) is 1.93. The number of benzene rings is 2. The Bertz CT molecular complexity index is 685. The van der Waals surface area contributed by atoms with E-state index in [1.165, 1.54) is 0 Å². The van der Waals surface area contributed by atoms with Crippen LogP contribution in [0.15, 0.2) is 40.9 Å². The van der Waals surface area contributed by atoms with E-state index in [9.17, 15) is 15.2 Å². The van der Waals surface area contributed by atoms with Gasteiger partial charge < -0.3 is 9.84 Å². The lowest BCUT2D eigenvalue weighted by molar-refractivity contribution is -0.386. The van der Waals surface area contributed by atoms with E-state index >= 15 is 0 Å². The van der Waals surface area contributed by atoms with Crippen molar-refractivity contribution < 1.29 is 14.8 Å². The topological polar surface area (TPSA) is 72.6 Å². The molecule has 2 rings (SSSR count). The van der Waals surface area contributed by atoms with Crippen LogP contribution in [0.1, 0.15) is 24.2 Å². The van der Waals surface area contributed by atoms with E-state index in [1.54, 1.807) is 50.2 Å². The van der Waals surface area contributed by atoms with Crippen LogP contribution in [0.5, 0.6) is 11.5 Å². The van der Waals surface area contributed by atoms with Gasteiger partial charge in [0.2, 0.25) is 5.75 Å². The lowest BCUT2D eigenvalue weighted by Crippen LogP contribution is -1.97. The van der Waals surface area contributed by atoms with Crippen molar-refractivity contribution >= 4 is 21.6 Å². The molecule has 0 saturated carbocycles. The predicted octanol–water partition coefficient (Wildman–Crippen LogP) is 4.51. The average molecular weight is 352 g/mol. The van der Waals surface area contributed by atoms with E-state index in [-0.39, 0.29) is 11.4 Å². The molecule has 0 aliphatic carbocycles. The molecule has 0 heterocycles. The van der Waals surface area contributed by atoms with Gasteiger partial charge in [0.1, 0.15) is 5.75 Å². The average Bonchev–Trinajstić information content (AvgIpc) is 2.40. The molecule has 0 aromatic heterocycles. The van der Waals surface area contributed by atoms with E-state index < -0.39 is 11.0 Å². The Balaban J connectivity index is 2.39. The highest BCUT2D eigenvalue weighted by atomic mass is 79.9. The van der Waals surface area contributed by atoms with Crippen LogP contribution in [0.2, 0.25) is 0 Å². The van der Waals surface area contributed by atoms with Gasteiger partial charge in [-0.05, 0) is 53.5 Å². The first-order chi connectivity index (χ1) is 9.90. The normalized spacial score (nSPS) is 12.0. The highest BCUT2D eigenvalue weighted by molar-refractivity contribution is 9.10. The molecule has 0 fully saturated rings. The predicted molar refractivity (Wildman–Crippen MR) is 82.7 cm³/mol. The number of hydrogen-bond donors (Lipinski definition) is 1. The Labute approximate surface area is 130 Å². The first-order valence-corrected chi connectivity index (χ1v) is 7.09. The smallest absolute Gasteiger partial charge is 0.314 e. The van der Waals surface area contributed by atoms with Crippen molar-refractivity contribution in [2.45, 2.75) is 20.0 Å². The van der Waals surface area contributed by atoms with Crippen LogP contribution in [0.3, 0.4) is 0 Å². The first-order valence-electron chi connectivity index (χ1n) is 6.29. The fourth-order valence-corrected chi connectivity index (χ4v) is 2.40. The van der Waals surface area contributed by atoms with Crippen LogP contribution in [-0.4, -0.2) is 10.0 Å². The van der Waals surface area contributed by atoms with Crippen molar-refractivity contribution in [3.8, 4) is 11.5 Å². The first kappa shape index (κ1) is 15.5. The molecule has 0 unspecified atom stereocenters. The molecule has 0 bridgehead atoms. The van der Waals surface area contributed by atoms with E-state index in [2.05, 4.69) is 15.9 Å². The molecule has 21 heavy (non-hydrogen) atoms. The molecule has 5 nitrogen and oxygen atoms in total. The molecule has 0 saturated heterocycles. The molecule has 0 radical (unpaired) electrons. The van der Waals surface area contributed by atoms with Gasteiger partial charge in [-0.3, -0.25) is 10.1 Å². The minimum atomic E-state index is -0.594. The van der Waals surface area contributed by atoms with E-state index in [0.717, 1.165) is 5.56 Å². The van der Waals surface area contributed by atoms with Crippen molar-refractivity contribution in [1.82, 2.24) is 0 Å². The van der Waals surface area contributed by atoms with Crippen LogP contribution in [-0.2, 0) is 0 Å². The van der Waals surface area contributed by atoms with Crippen molar-refractivity contribution in [3.05, 3.63) is 62.1 Å². The fraction of sp³-hybridized carbons (Fsp3) is 0.200. The minimum Gasteiger partial charge on any atom is -0.449 e. The SMILES string of the molecule is Cc1cccc(Oc2ccc([C@@H](C)O)cc2Br)c1[N+](=O)[O-]. The number of nitrogens with zero attached hydrogens (tertiary/aromatic N) is 1. The quantitative estimate of drug-likeness (QED) is 0.649. The molecular weight excluding hydrogens is 338 g/mol. The maximum Gasteiger partial charge on any atom is 0.314 e. The maximum atomic E-state index is 11.1. The molecule has 0 amide bonds. The summed E-state index contributed by atoms with van der Waals surface area (Å²) in [5.41, 5.74) is 1.21. The third-order valence-corrected chi connectivity index (χ3v) is 3.66. The number of nitro benzene ring substituents is 1. The lowest BCUT2D eigenvalue weighted by Gasteiger charge is -2.11. The number of aryl methyl sites for hydroxylation is 1. The summed E-state index contributed by atoms with van der Waals surface area (Å²) < 4.78 is 6.27. The van der Waals surface area contributed by atoms with Crippen LogP contribution in [0.4, 0.5) is 5.69 Å². The Hall–Kier alpha value is -1.92. The maximum absolute atomic E-state index is 11.1. The summed E-state index contributed by atoms with van der Waals surface area (Å²) in [6.07, 6.45) is -0.594. The number of nitro groups is 1. The Kier molecular flexibility index (Phi) is 4.59. The van der Waals surface area contributed by atoms with Gasteiger partial charge in [0.25, 0.3) is 0 Å². The summed E-state index contributed by atoms with van der Waals surface area (Å²) in [5.74, 6) is 0.638. The second-order valence-corrected chi connectivity index (χ2v) is 5.50. The lowest BCUT2D eigenvalue weighted by atomic mass is 10.1. The Morgan fingerprint density at radius 1 is 1.29 bits per heavy atom. The molecule has 1 N–H and O–H groups in total. The van der Waals surface area contributed by atoms with Gasteiger partial charge in [-0.25, -0.2) is 0 Å². The summed E-state index contributed by atoms with van der Waals surface area (Å²) in [6.45, 7) is 3.32. The highest BCUT2D eigenvalue weighted by Crippen LogP contribution is 2.37. The van der Waals surface area contributed by atoms with E-state index in [4.69, 9.17) is 4.74 Å². The molecule has 0 spiro atoms. The van der Waals surface area contributed by atoms with Crippen molar-refractivity contribution in [1.29, 1.82) is 0 Å². The summed E-state index contributed by atoms with van der Waals surface area (Å²) in [6, 6.07) is 10.0. The zero-order valence-corrected chi connectivity index (χ0v) is 13.1. The van der Waals surface area contributed by atoms with Gasteiger partial charge in [0.15, 0.2) is 0 Å². The Morgan fingerprint density at radius 2 is 2.00 bits per heavy atom. The summed E-state index contributed by atoms with van der Waals surface area (Å²) in [5, 5.41) is 20.7. The number of aliphatic hydroxyl groups excluding tert-OH is 1. The van der Waals surface area contributed by atoms with Gasteiger partial charge in [0, 0.05) is 5.56 Å². The number of aliphatic hydroxyl groups is 1. The molecule has 0 aliphatic rings. The third-order valence-electron chi connectivity index (χ3n) is 3.04. The Morgan fingerprint density at radius 3 is 2.57 bits per heavy atom. The highest BCUT2D eigenvalue weighted by Gasteiger charge is 2.19. The molecular formula is C15H14BrNO4. The molecule has 2 aromatic carbocycles. The van der Waals surface area contributed by atoms with E-state index in [0.29, 0.717) is 15.8 Å².